The molecule has 1 aromatic carbocycles. The summed E-state index contributed by atoms with van der Waals surface area (Å²) in [6.45, 7) is 5.16. The molecule has 0 aromatic heterocycles. The molecule has 7 nitrogen and oxygen atoms in total. The number of halogens is 1. The average Bonchev–Trinajstić information content (AvgIpc) is 2.56. The zero-order valence-electron chi connectivity index (χ0n) is 16.1. The summed E-state index contributed by atoms with van der Waals surface area (Å²) in [5.74, 6) is -0.310. The molecular weight excluding hydrogens is 392 g/mol. The zero-order chi connectivity index (χ0) is 20.4. The summed E-state index contributed by atoms with van der Waals surface area (Å²) in [5, 5.41) is 3.75. The number of carbonyl (C=O) groups excluding carboxylic acids is 1. The predicted octanol–water partition coefficient (Wildman–Crippen LogP) is 1.55. The van der Waals surface area contributed by atoms with Crippen molar-refractivity contribution in [3.8, 4) is 0 Å². The fourth-order valence-corrected chi connectivity index (χ4v) is 2.87. The van der Waals surface area contributed by atoms with Crippen molar-refractivity contribution in [2.45, 2.75) is 38.7 Å². The van der Waals surface area contributed by atoms with Gasteiger partial charge in [-0.25, -0.2) is 13.2 Å². The van der Waals surface area contributed by atoms with Gasteiger partial charge < -0.3 is 19.5 Å². The molecule has 1 aliphatic heterocycles. The number of unbranched alkanes of at least 4 members (excludes halogenated alkanes) is 1. The molecule has 27 heavy (non-hydrogen) atoms. The number of nitrogens with one attached hydrogen (secondary N) is 2. The SMILES string of the molecule is CCCCNc1ccc(C(=O)OC2CC[NH+](C)CC2)c(Cl)c1.CS(=O)(=O)[O-]. The third-order valence-corrected chi connectivity index (χ3v) is 4.42. The molecule has 2 rings (SSSR count). The van der Waals surface area contributed by atoms with Crippen LogP contribution >= 0.6 is 11.6 Å². The summed E-state index contributed by atoms with van der Waals surface area (Å²) in [6.07, 6.45) is 4.72. The van der Waals surface area contributed by atoms with Crippen molar-refractivity contribution in [1.82, 2.24) is 0 Å². The summed E-state index contributed by atoms with van der Waals surface area (Å²) >= 11 is 6.23. The minimum absolute atomic E-state index is 0.0228. The van der Waals surface area contributed by atoms with Gasteiger partial charge in [0.15, 0.2) is 0 Å². The molecule has 0 radical (unpaired) electrons. The monoisotopic (exact) mass is 420 g/mol. The van der Waals surface area contributed by atoms with E-state index in [4.69, 9.17) is 29.3 Å². The van der Waals surface area contributed by atoms with Gasteiger partial charge in [0.1, 0.15) is 6.10 Å². The molecule has 154 valence electrons. The second kappa shape index (κ2) is 11.5. The van der Waals surface area contributed by atoms with Gasteiger partial charge >= 0.3 is 5.97 Å². The maximum atomic E-state index is 12.3. The van der Waals surface area contributed by atoms with E-state index < -0.39 is 10.1 Å². The van der Waals surface area contributed by atoms with Crippen molar-refractivity contribution in [3.05, 3.63) is 28.8 Å². The first-order chi connectivity index (χ1) is 12.6. The second-order valence-corrected chi connectivity index (χ2v) is 8.56. The highest BCUT2D eigenvalue weighted by Gasteiger charge is 2.24. The molecule has 0 spiro atoms. The van der Waals surface area contributed by atoms with Gasteiger partial charge in [-0.3, -0.25) is 0 Å². The van der Waals surface area contributed by atoms with Crippen LogP contribution in [0.4, 0.5) is 5.69 Å². The minimum atomic E-state index is -3.92. The van der Waals surface area contributed by atoms with Crippen LogP contribution in [0.5, 0.6) is 0 Å². The molecule has 0 unspecified atom stereocenters. The molecule has 2 N–H and O–H groups in total. The van der Waals surface area contributed by atoms with Crippen molar-refractivity contribution < 1.29 is 27.4 Å². The smallest absolute Gasteiger partial charge is 0.339 e. The first kappa shape index (κ1) is 23.7. The Morgan fingerprint density at radius 1 is 1.37 bits per heavy atom. The fraction of sp³-hybridized carbons (Fsp3) is 0.611. The van der Waals surface area contributed by atoms with E-state index in [1.165, 1.54) is 4.90 Å². The molecule has 0 saturated carbocycles. The van der Waals surface area contributed by atoms with E-state index in [0.29, 0.717) is 16.8 Å². The molecule has 0 aliphatic carbocycles. The normalized spacial score (nSPS) is 19.6. The number of quaternary nitrogens is 1. The lowest BCUT2D eigenvalue weighted by Crippen LogP contribution is -3.10. The quantitative estimate of drug-likeness (QED) is 0.411. The lowest BCUT2D eigenvalue weighted by Gasteiger charge is -2.26. The van der Waals surface area contributed by atoms with Crippen LogP contribution in [-0.4, -0.2) is 58.0 Å². The molecule has 1 aliphatic rings. The summed E-state index contributed by atoms with van der Waals surface area (Å²) in [5.41, 5.74) is 1.40. The first-order valence-electron chi connectivity index (χ1n) is 9.06. The molecule has 1 aromatic rings. The molecule has 0 amide bonds. The van der Waals surface area contributed by atoms with Crippen LogP contribution in [0.2, 0.25) is 5.02 Å². The summed E-state index contributed by atoms with van der Waals surface area (Å²) in [4.78, 5) is 13.7. The van der Waals surface area contributed by atoms with E-state index in [-0.39, 0.29) is 12.1 Å². The number of piperidine rings is 1. The van der Waals surface area contributed by atoms with Crippen LogP contribution < -0.4 is 10.2 Å². The van der Waals surface area contributed by atoms with E-state index in [0.717, 1.165) is 51.0 Å². The zero-order valence-corrected chi connectivity index (χ0v) is 17.7. The molecule has 0 atom stereocenters. The highest BCUT2D eigenvalue weighted by atomic mass is 35.5. The van der Waals surface area contributed by atoms with Crippen LogP contribution in [-0.2, 0) is 14.9 Å². The number of likely N-dealkylation sites (tertiary alicyclic amines) is 1. The number of hydrogen-bond donors (Lipinski definition) is 2. The average molecular weight is 421 g/mol. The maximum absolute atomic E-state index is 12.3. The lowest BCUT2D eigenvalue weighted by atomic mass is 10.1. The van der Waals surface area contributed by atoms with Crippen LogP contribution in [0.1, 0.15) is 43.0 Å². The Bertz CT molecular complexity index is 696. The second-order valence-electron chi connectivity index (χ2n) is 6.74. The van der Waals surface area contributed by atoms with Crippen molar-refractivity contribution in [2.75, 3.05) is 38.3 Å². The highest BCUT2D eigenvalue weighted by molar-refractivity contribution is 7.84. The lowest BCUT2D eigenvalue weighted by molar-refractivity contribution is -0.885. The number of ether oxygens (including phenoxy) is 1. The van der Waals surface area contributed by atoms with Gasteiger partial charge in [-0.2, -0.15) is 0 Å². The summed E-state index contributed by atoms with van der Waals surface area (Å²) in [6, 6.07) is 5.43. The topological polar surface area (TPSA) is 100.0 Å². The third-order valence-electron chi connectivity index (χ3n) is 4.11. The van der Waals surface area contributed by atoms with Crippen molar-refractivity contribution in [2.24, 2.45) is 0 Å². The van der Waals surface area contributed by atoms with Gasteiger partial charge in [0, 0.05) is 31.3 Å². The van der Waals surface area contributed by atoms with Crippen LogP contribution in [0.15, 0.2) is 18.2 Å². The Kier molecular flexibility index (Phi) is 10.1. The van der Waals surface area contributed by atoms with E-state index in [1.807, 2.05) is 6.07 Å². The Balaban J connectivity index is 0.000000646. The van der Waals surface area contributed by atoms with Gasteiger partial charge in [0.05, 0.1) is 40.8 Å². The Morgan fingerprint density at radius 2 is 1.96 bits per heavy atom. The van der Waals surface area contributed by atoms with Gasteiger partial charge in [-0.05, 0) is 24.6 Å². The molecule has 1 saturated heterocycles. The standard InChI is InChI=1S/C17H25ClN2O2.CH4O3S/c1-3-4-9-19-13-5-6-15(16(18)12-13)17(21)22-14-7-10-20(2)11-8-14;1-5(2,3)4/h5-6,12,14,19H,3-4,7-11H2,1-2H3;1H3,(H,2,3,4). The van der Waals surface area contributed by atoms with Crippen molar-refractivity contribution in [1.29, 1.82) is 0 Å². The summed E-state index contributed by atoms with van der Waals surface area (Å²) in [7, 11) is -1.75. The molecular formula is C18H29ClN2O5S. The van der Waals surface area contributed by atoms with E-state index in [9.17, 15) is 4.79 Å². The van der Waals surface area contributed by atoms with Crippen LogP contribution in [0.25, 0.3) is 0 Å². The Labute approximate surface area is 166 Å². The van der Waals surface area contributed by atoms with Gasteiger partial charge in [-0.15, -0.1) is 0 Å². The fourth-order valence-electron chi connectivity index (χ4n) is 2.62. The van der Waals surface area contributed by atoms with Crippen molar-refractivity contribution in [3.63, 3.8) is 0 Å². The van der Waals surface area contributed by atoms with Gasteiger partial charge in [0.25, 0.3) is 0 Å². The molecule has 9 heteroatoms. The summed E-state index contributed by atoms with van der Waals surface area (Å²) < 4.78 is 32.8. The Morgan fingerprint density at radius 3 is 2.48 bits per heavy atom. The molecule has 1 heterocycles. The van der Waals surface area contributed by atoms with E-state index >= 15 is 0 Å². The third kappa shape index (κ3) is 10.5. The highest BCUT2D eigenvalue weighted by Crippen LogP contribution is 2.23. The van der Waals surface area contributed by atoms with Gasteiger partial charge in [-0.1, -0.05) is 24.9 Å². The number of esters is 1. The minimum Gasteiger partial charge on any atom is -0.748 e. The number of rotatable bonds is 6. The van der Waals surface area contributed by atoms with Gasteiger partial charge in [0.2, 0.25) is 0 Å². The number of hydrogen-bond acceptors (Lipinski definition) is 6. The van der Waals surface area contributed by atoms with E-state index in [1.54, 1.807) is 12.1 Å². The number of anilines is 1. The molecule has 0 bridgehead atoms. The maximum Gasteiger partial charge on any atom is 0.339 e. The van der Waals surface area contributed by atoms with Crippen LogP contribution in [0, 0.1) is 0 Å². The van der Waals surface area contributed by atoms with E-state index in [2.05, 4.69) is 19.3 Å². The number of benzene rings is 1. The first-order valence-corrected chi connectivity index (χ1v) is 11.3. The van der Waals surface area contributed by atoms with Crippen molar-refractivity contribution >= 4 is 33.4 Å². The largest absolute Gasteiger partial charge is 0.748 e. The number of carbonyl (C=O) groups is 1. The predicted molar refractivity (Wildman–Crippen MR) is 106 cm³/mol. The molecule has 1 fully saturated rings. The Hall–Kier alpha value is -1.35. The van der Waals surface area contributed by atoms with Crippen LogP contribution in [0.3, 0.4) is 0 Å².